The summed E-state index contributed by atoms with van der Waals surface area (Å²) in [6.45, 7) is 3.97. The molecule has 2 aromatic rings. The van der Waals surface area contributed by atoms with Crippen molar-refractivity contribution in [1.82, 2.24) is 10.6 Å². The van der Waals surface area contributed by atoms with E-state index in [1.54, 1.807) is 13.8 Å². The van der Waals surface area contributed by atoms with Gasteiger partial charge in [0.2, 0.25) is 5.91 Å². The van der Waals surface area contributed by atoms with E-state index >= 15 is 0 Å². The van der Waals surface area contributed by atoms with Gasteiger partial charge in [0.25, 0.3) is 0 Å². The molecular weight excluding hydrogens is 280 g/mol. The van der Waals surface area contributed by atoms with E-state index in [2.05, 4.69) is 10.6 Å². The number of carboxylic acid groups (broad SMARTS) is 1. The fourth-order valence-corrected chi connectivity index (χ4v) is 2.41. The number of fused-ring (bicyclic) bond motifs is 1. The molecular formula is C17H20N2O3. The monoisotopic (exact) mass is 300 g/mol. The molecule has 0 fully saturated rings. The number of hydrogen-bond donors (Lipinski definition) is 3. The second-order valence-corrected chi connectivity index (χ2v) is 5.53. The average Bonchev–Trinajstić information content (AvgIpc) is 2.49. The highest BCUT2D eigenvalue weighted by molar-refractivity contribution is 5.88. The van der Waals surface area contributed by atoms with Gasteiger partial charge in [0.05, 0.1) is 0 Å². The van der Waals surface area contributed by atoms with Gasteiger partial charge < -0.3 is 15.7 Å². The first kappa shape index (κ1) is 15.8. The molecule has 2 rings (SSSR count). The van der Waals surface area contributed by atoms with Gasteiger partial charge in [0.1, 0.15) is 6.04 Å². The van der Waals surface area contributed by atoms with E-state index in [-0.39, 0.29) is 11.8 Å². The van der Waals surface area contributed by atoms with Crippen molar-refractivity contribution >= 4 is 22.8 Å². The molecule has 0 aromatic heterocycles. The lowest BCUT2D eigenvalue weighted by atomic mass is 10.0. The maximum Gasteiger partial charge on any atom is 0.405 e. The van der Waals surface area contributed by atoms with Gasteiger partial charge in [-0.05, 0) is 22.3 Å². The summed E-state index contributed by atoms with van der Waals surface area (Å²) in [4.78, 5) is 23.0. The minimum atomic E-state index is -1.20. The Morgan fingerprint density at radius 1 is 1.09 bits per heavy atom. The van der Waals surface area contributed by atoms with Gasteiger partial charge in [0, 0.05) is 6.54 Å². The topological polar surface area (TPSA) is 78.4 Å². The lowest BCUT2D eigenvalue weighted by Crippen LogP contribution is -2.49. The number of benzene rings is 2. The molecule has 1 unspecified atom stereocenters. The zero-order valence-corrected chi connectivity index (χ0v) is 12.7. The van der Waals surface area contributed by atoms with Crippen LogP contribution in [0.4, 0.5) is 4.79 Å². The molecule has 0 aliphatic rings. The Balaban J connectivity index is 2.10. The summed E-state index contributed by atoms with van der Waals surface area (Å²) in [5.41, 5.74) is 1.00. The number of hydrogen-bond acceptors (Lipinski definition) is 2. The van der Waals surface area contributed by atoms with Gasteiger partial charge in [-0.1, -0.05) is 56.3 Å². The third kappa shape index (κ3) is 3.75. The van der Waals surface area contributed by atoms with E-state index in [1.807, 2.05) is 42.5 Å². The molecule has 1 atom stereocenters. The fraction of sp³-hybridized carbons (Fsp3) is 0.294. The van der Waals surface area contributed by atoms with Crippen molar-refractivity contribution in [2.24, 2.45) is 5.92 Å². The highest BCUT2D eigenvalue weighted by Crippen LogP contribution is 2.18. The Kier molecular flexibility index (Phi) is 4.99. The van der Waals surface area contributed by atoms with E-state index < -0.39 is 12.1 Å². The molecule has 0 bridgehead atoms. The molecule has 0 aliphatic heterocycles. The van der Waals surface area contributed by atoms with Crippen molar-refractivity contribution < 1.29 is 14.7 Å². The zero-order chi connectivity index (χ0) is 16.1. The number of nitrogens with one attached hydrogen (secondary N) is 2. The van der Waals surface area contributed by atoms with Crippen LogP contribution in [0.2, 0.25) is 0 Å². The molecule has 5 nitrogen and oxygen atoms in total. The molecule has 0 radical (unpaired) electrons. The molecule has 116 valence electrons. The van der Waals surface area contributed by atoms with Crippen molar-refractivity contribution in [2.45, 2.75) is 26.4 Å². The van der Waals surface area contributed by atoms with Gasteiger partial charge in [-0.3, -0.25) is 4.79 Å². The van der Waals surface area contributed by atoms with E-state index in [4.69, 9.17) is 5.11 Å². The first-order chi connectivity index (χ1) is 10.5. The predicted molar refractivity (Wildman–Crippen MR) is 85.6 cm³/mol. The number of carbonyl (C=O) groups is 2. The van der Waals surface area contributed by atoms with Crippen LogP contribution in [0.15, 0.2) is 42.5 Å². The molecule has 0 spiro atoms. The second-order valence-electron chi connectivity index (χ2n) is 5.53. The molecule has 3 N–H and O–H groups in total. The smallest absolute Gasteiger partial charge is 0.405 e. The maximum atomic E-state index is 12.2. The van der Waals surface area contributed by atoms with Crippen molar-refractivity contribution in [2.75, 3.05) is 0 Å². The molecule has 22 heavy (non-hydrogen) atoms. The van der Waals surface area contributed by atoms with E-state index in [1.165, 1.54) is 0 Å². The Morgan fingerprint density at radius 2 is 1.77 bits per heavy atom. The minimum absolute atomic E-state index is 0.122. The van der Waals surface area contributed by atoms with E-state index in [9.17, 15) is 9.59 Å². The van der Waals surface area contributed by atoms with Crippen molar-refractivity contribution in [1.29, 1.82) is 0 Å². The highest BCUT2D eigenvalue weighted by atomic mass is 16.4. The standard InChI is InChI=1S/C17H20N2O3/c1-11(2)15(19-17(21)22)16(20)18-10-13-8-5-7-12-6-3-4-9-14(12)13/h3-9,11,15,19H,10H2,1-2H3,(H,18,20)(H,21,22). The summed E-state index contributed by atoms with van der Waals surface area (Å²) in [7, 11) is 0. The van der Waals surface area contributed by atoms with Crippen molar-refractivity contribution in [3.8, 4) is 0 Å². The quantitative estimate of drug-likeness (QED) is 0.794. The highest BCUT2D eigenvalue weighted by Gasteiger charge is 2.23. The van der Waals surface area contributed by atoms with Gasteiger partial charge in [-0.25, -0.2) is 4.79 Å². The normalized spacial score (nSPS) is 12.1. The van der Waals surface area contributed by atoms with Gasteiger partial charge in [-0.2, -0.15) is 0 Å². The summed E-state index contributed by atoms with van der Waals surface area (Å²) >= 11 is 0. The van der Waals surface area contributed by atoms with Gasteiger partial charge in [0.15, 0.2) is 0 Å². The third-order valence-corrected chi connectivity index (χ3v) is 3.56. The van der Waals surface area contributed by atoms with Crippen LogP contribution in [0.1, 0.15) is 19.4 Å². The largest absolute Gasteiger partial charge is 0.465 e. The number of rotatable bonds is 5. The first-order valence-electron chi connectivity index (χ1n) is 7.23. The first-order valence-corrected chi connectivity index (χ1v) is 7.23. The number of carbonyl (C=O) groups excluding carboxylic acids is 1. The summed E-state index contributed by atoms with van der Waals surface area (Å²) < 4.78 is 0. The van der Waals surface area contributed by atoms with Gasteiger partial charge in [-0.15, -0.1) is 0 Å². The molecule has 0 heterocycles. The van der Waals surface area contributed by atoms with Gasteiger partial charge >= 0.3 is 6.09 Å². The maximum absolute atomic E-state index is 12.2. The Hall–Kier alpha value is -2.56. The van der Waals surface area contributed by atoms with Crippen LogP contribution in [0.25, 0.3) is 10.8 Å². The molecule has 0 saturated carbocycles. The van der Waals surface area contributed by atoms with Crippen molar-refractivity contribution in [3.05, 3.63) is 48.0 Å². The van der Waals surface area contributed by atoms with Crippen LogP contribution < -0.4 is 10.6 Å². The molecule has 2 aromatic carbocycles. The summed E-state index contributed by atoms with van der Waals surface area (Å²) in [6.07, 6.45) is -1.20. The van der Waals surface area contributed by atoms with Crippen LogP contribution in [0.3, 0.4) is 0 Å². The van der Waals surface area contributed by atoms with Crippen LogP contribution >= 0.6 is 0 Å². The molecule has 0 saturated heterocycles. The summed E-state index contributed by atoms with van der Waals surface area (Å²) in [5.74, 6) is -0.436. The van der Waals surface area contributed by atoms with E-state index in [0.717, 1.165) is 16.3 Å². The van der Waals surface area contributed by atoms with Crippen LogP contribution in [0.5, 0.6) is 0 Å². The molecule has 0 aliphatic carbocycles. The SMILES string of the molecule is CC(C)C(NC(=O)O)C(=O)NCc1cccc2ccccc12. The fourth-order valence-electron chi connectivity index (χ4n) is 2.41. The predicted octanol–water partition coefficient (Wildman–Crippen LogP) is 2.75. The summed E-state index contributed by atoms with van der Waals surface area (Å²) in [5, 5.41) is 16.1. The molecule has 2 amide bonds. The Morgan fingerprint density at radius 3 is 2.45 bits per heavy atom. The average molecular weight is 300 g/mol. The van der Waals surface area contributed by atoms with E-state index in [0.29, 0.717) is 6.54 Å². The lowest BCUT2D eigenvalue weighted by molar-refractivity contribution is -0.124. The second kappa shape index (κ2) is 6.93. The number of amides is 2. The lowest BCUT2D eigenvalue weighted by Gasteiger charge is -2.20. The molecule has 5 heteroatoms. The minimum Gasteiger partial charge on any atom is -0.465 e. The van der Waals surface area contributed by atoms with Crippen molar-refractivity contribution in [3.63, 3.8) is 0 Å². The summed E-state index contributed by atoms with van der Waals surface area (Å²) in [6, 6.07) is 13.1. The Labute approximate surface area is 129 Å². The van der Waals surface area contributed by atoms with Crippen LogP contribution in [0, 0.1) is 5.92 Å². The van der Waals surface area contributed by atoms with Crippen LogP contribution in [-0.2, 0) is 11.3 Å². The Bertz CT molecular complexity index is 677. The third-order valence-electron chi connectivity index (χ3n) is 3.56. The van der Waals surface area contributed by atoms with Crippen LogP contribution in [-0.4, -0.2) is 23.1 Å². The zero-order valence-electron chi connectivity index (χ0n) is 12.7.